The Kier molecular flexibility index (Phi) is 6.35. The molecule has 1 saturated heterocycles. The number of morpholine rings is 1. The second-order valence-corrected chi connectivity index (χ2v) is 8.86. The first-order valence-electron chi connectivity index (χ1n) is 10.3. The van der Waals surface area contributed by atoms with Crippen molar-refractivity contribution in [1.82, 2.24) is 15.3 Å². The highest BCUT2D eigenvalue weighted by molar-refractivity contribution is 7.98. The molecule has 1 amide bonds. The van der Waals surface area contributed by atoms with Gasteiger partial charge < -0.3 is 15.0 Å². The van der Waals surface area contributed by atoms with Crippen LogP contribution in [0.1, 0.15) is 54.2 Å². The molecule has 2 heterocycles. The average molecular weight is 413 g/mol. The molecule has 2 aliphatic rings. The summed E-state index contributed by atoms with van der Waals surface area (Å²) in [6.07, 6.45) is 2.20. The van der Waals surface area contributed by atoms with Gasteiger partial charge in [0, 0.05) is 42.2 Å². The zero-order valence-corrected chi connectivity index (χ0v) is 17.9. The molecule has 0 unspecified atom stereocenters. The topological polar surface area (TPSA) is 67.3 Å². The quantitative estimate of drug-likeness (QED) is 0.553. The van der Waals surface area contributed by atoms with E-state index in [0.717, 1.165) is 72.7 Å². The normalized spacial score (nSPS) is 16.9. The first kappa shape index (κ1) is 20.2. The summed E-state index contributed by atoms with van der Waals surface area (Å²) in [6, 6.07) is 10.3. The molecule has 1 saturated carbocycles. The van der Waals surface area contributed by atoms with Gasteiger partial charge in [0.05, 0.1) is 13.2 Å². The van der Waals surface area contributed by atoms with Crippen LogP contribution in [0.25, 0.3) is 0 Å². The lowest BCUT2D eigenvalue weighted by Gasteiger charge is -2.28. The lowest BCUT2D eigenvalue weighted by Crippen LogP contribution is -2.37. The number of benzene rings is 1. The maximum Gasteiger partial charge on any atom is 0.251 e. The van der Waals surface area contributed by atoms with Crippen LogP contribution >= 0.6 is 11.8 Å². The molecule has 7 heteroatoms. The van der Waals surface area contributed by atoms with Crippen LogP contribution in [0.3, 0.4) is 0 Å². The average Bonchev–Trinajstić information content (AvgIpc) is 3.57. The molecule has 0 radical (unpaired) electrons. The van der Waals surface area contributed by atoms with Crippen LogP contribution in [0.5, 0.6) is 0 Å². The lowest BCUT2D eigenvalue weighted by atomic mass is 10.1. The maximum absolute atomic E-state index is 12.1. The SMILES string of the molecule is CC(C)c1cc(N2CCOCC2)nc(SCc2ccc(C(=O)NC3CC3)cc2)n1. The molecule has 2 aromatic rings. The van der Waals surface area contributed by atoms with E-state index in [4.69, 9.17) is 14.7 Å². The molecule has 154 valence electrons. The molecule has 1 N–H and O–H groups in total. The molecule has 0 spiro atoms. The van der Waals surface area contributed by atoms with Gasteiger partial charge in [-0.15, -0.1) is 0 Å². The van der Waals surface area contributed by atoms with Crippen molar-refractivity contribution in [2.75, 3.05) is 31.2 Å². The van der Waals surface area contributed by atoms with Crippen LogP contribution in [0, 0.1) is 0 Å². The number of aromatic nitrogens is 2. The molecular weight excluding hydrogens is 384 g/mol. The Hall–Kier alpha value is -2.12. The number of thioether (sulfide) groups is 1. The molecular formula is C22H28N4O2S. The van der Waals surface area contributed by atoms with Crippen LogP contribution in [0.2, 0.25) is 0 Å². The fourth-order valence-corrected chi connectivity index (χ4v) is 3.96. The van der Waals surface area contributed by atoms with E-state index in [9.17, 15) is 4.79 Å². The molecule has 0 atom stereocenters. The summed E-state index contributed by atoms with van der Waals surface area (Å²) >= 11 is 1.64. The number of carbonyl (C=O) groups excluding carboxylic acids is 1. The van der Waals surface area contributed by atoms with Crippen molar-refractivity contribution < 1.29 is 9.53 Å². The predicted octanol–water partition coefficient (Wildman–Crippen LogP) is 3.62. The number of nitrogens with one attached hydrogen (secondary N) is 1. The lowest BCUT2D eigenvalue weighted by molar-refractivity contribution is 0.0951. The van der Waals surface area contributed by atoms with Gasteiger partial charge in [0.15, 0.2) is 5.16 Å². The first-order valence-corrected chi connectivity index (χ1v) is 11.3. The number of hydrogen-bond donors (Lipinski definition) is 1. The highest BCUT2D eigenvalue weighted by Gasteiger charge is 2.23. The molecule has 1 aromatic carbocycles. The van der Waals surface area contributed by atoms with Gasteiger partial charge in [0.2, 0.25) is 0 Å². The van der Waals surface area contributed by atoms with Gasteiger partial charge >= 0.3 is 0 Å². The number of rotatable bonds is 7. The van der Waals surface area contributed by atoms with Crippen molar-refractivity contribution in [3.63, 3.8) is 0 Å². The van der Waals surface area contributed by atoms with Crippen LogP contribution in [-0.4, -0.2) is 48.2 Å². The highest BCUT2D eigenvalue weighted by Crippen LogP contribution is 2.26. The zero-order chi connectivity index (χ0) is 20.2. The Morgan fingerprint density at radius 3 is 2.59 bits per heavy atom. The molecule has 1 aromatic heterocycles. The Bertz CT molecular complexity index is 846. The standard InChI is InChI=1S/C22H28N4O2S/c1-15(2)19-13-20(26-9-11-28-12-10-26)25-22(24-19)29-14-16-3-5-17(6-4-16)21(27)23-18-7-8-18/h3-6,13,15,18H,7-12,14H2,1-2H3,(H,23,27). The van der Waals surface area contributed by atoms with E-state index in [1.807, 2.05) is 24.3 Å². The van der Waals surface area contributed by atoms with Crippen molar-refractivity contribution in [1.29, 1.82) is 0 Å². The number of carbonyl (C=O) groups is 1. The number of nitrogens with zero attached hydrogens (tertiary/aromatic N) is 3. The molecule has 1 aliphatic heterocycles. The first-order chi connectivity index (χ1) is 14.1. The fourth-order valence-electron chi connectivity index (χ4n) is 3.14. The van der Waals surface area contributed by atoms with Gasteiger partial charge in [-0.05, 0) is 36.5 Å². The minimum atomic E-state index is 0.0230. The van der Waals surface area contributed by atoms with E-state index in [-0.39, 0.29) is 5.91 Å². The molecule has 29 heavy (non-hydrogen) atoms. The highest BCUT2D eigenvalue weighted by atomic mass is 32.2. The second kappa shape index (κ2) is 9.13. The summed E-state index contributed by atoms with van der Waals surface area (Å²) in [5, 5.41) is 3.82. The number of ether oxygens (including phenoxy) is 1. The maximum atomic E-state index is 12.1. The predicted molar refractivity (Wildman–Crippen MR) is 116 cm³/mol. The summed E-state index contributed by atoms with van der Waals surface area (Å²) in [5.41, 5.74) is 2.94. The molecule has 2 fully saturated rings. The third-order valence-electron chi connectivity index (χ3n) is 5.14. The van der Waals surface area contributed by atoms with E-state index in [1.165, 1.54) is 0 Å². The van der Waals surface area contributed by atoms with E-state index in [1.54, 1.807) is 11.8 Å². The Morgan fingerprint density at radius 2 is 1.93 bits per heavy atom. The Labute approximate surface area is 176 Å². The van der Waals surface area contributed by atoms with Crippen molar-refractivity contribution >= 4 is 23.5 Å². The molecule has 6 nitrogen and oxygen atoms in total. The van der Waals surface area contributed by atoms with Gasteiger partial charge in [0.1, 0.15) is 5.82 Å². The van der Waals surface area contributed by atoms with Crippen LogP contribution in [0.4, 0.5) is 5.82 Å². The summed E-state index contributed by atoms with van der Waals surface area (Å²) in [6.45, 7) is 7.52. The fraction of sp³-hybridized carbons (Fsp3) is 0.500. The number of amides is 1. The number of hydrogen-bond acceptors (Lipinski definition) is 6. The van der Waals surface area contributed by atoms with Crippen LogP contribution in [0.15, 0.2) is 35.5 Å². The molecule has 4 rings (SSSR count). The molecule has 1 aliphatic carbocycles. The smallest absolute Gasteiger partial charge is 0.251 e. The van der Waals surface area contributed by atoms with Gasteiger partial charge in [-0.3, -0.25) is 4.79 Å². The minimum Gasteiger partial charge on any atom is -0.378 e. The summed E-state index contributed by atoms with van der Waals surface area (Å²) < 4.78 is 5.47. The molecule has 0 bridgehead atoms. The van der Waals surface area contributed by atoms with Crippen molar-refractivity contribution in [3.05, 3.63) is 47.2 Å². The van der Waals surface area contributed by atoms with E-state index < -0.39 is 0 Å². The minimum absolute atomic E-state index is 0.0230. The van der Waals surface area contributed by atoms with Crippen LogP contribution in [-0.2, 0) is 10.5 Å². The van der Waals surface area contributed by atoms with Gasteiger partial charge in [-0.25, -0.2) is 9.97 Å². The van der Waals surface area contributed by atoms with Crippen molar-refractivity contribution in [3.8, 4) is 0 Å². The Morgan fingerprint density at radius 1 is 1.21 bits per heavy atom. The van der Waals surface area contributed by atoms with Crippen molar-refractivity contribution in [2.45, 2.75) is 49.6 Å². The summed E-state index contributed by atoms with van der Waals surface area (Å²) in [7, 11) is 0. The van der Waals surface area contributed by atoms with Crippen molar-refractivity contribution in [2.24, 2.45) is 0 Å². The van der Waals surface area contributed by atoms with Crippen LogP contribution < -0.4 is 10.2 Å². The zero-order valence-electron chi connectivity index (χ0n) is 17.1. The third kappa shape index (κ3) is 5.48. The van der Waals surface area contributed by atoms with E-state index in [0.29, 0.717) is 12.0 Å². The van der Waals surface area contributed by atoms with Gasteiger partial charge in [-0.2, -0.15) is 0 Å². The number of anilines is 1. The largest absolute Gasteiger partial charge is 0.378 e. The Balaban J connectivity index is 1.42. The monoisotopic (exact) mass is 412 g/mol. The second-order valence-electron chi connectivity index (χ2n) is 7.92. The van der Waals surface area contributed by atoms with Gasteiger partial charge in [0.25, 0.3) is 5.91 Å². The van der Waals surface area contributed by atoms with E-state index in [2.05, 4.69) is 30.1 Å². The summed E-state index contributed by atoms with van der Waals surface area (Å²) in [4.78, 5) is 24.0. The van der Waals surface area contributed by atoms with Gasteiger partial charge in [-0.1, -0.05) is 37.7 Å². The third-order valence-corrected chi connectivity index (χ3v) is 6.05. The van der Waals surface area contributed by atoms with E-state index >= 15 is 0 Å². The summed E-state index contributed by atoms with van der Waals surface area (Å²) in [5.74, 6) is 2.13.